The second kappa shape index (κ2) is 4.26. The van der Waals surface area contributed by atoms with Crippen molar-refractivity contribution in [2.24, 2.45) is 5.92 Å². The highest BCUT2D eigenvalue weighted by atomic mass is 79.9. The summed E-state index contributed by atoms with van der Waals surface area (Å²) in [7, 11) is 0. The van der Waals surface area contributed by atoms with E-state index in [1.54, 1.807) is 11.1 Å². The molecule has 1 saturated heterocycles. The van der Waals surface area contributed by atoms with Crippen molar-refractivity contribution in [3.63, 3.8) is 0 Å². The Morgan fingerprint density at radius 3 is 3.00 bits per heavy atom. The van der Waals surface area contributed by atoms with Gasteiger partial charge in [0.15, 0.2) is 0 Å². The van der Waals surface area contributed by atoms with Crippen LogP contribution in [0.3, 0.4) is 0 Å². The van der Waals surface area contributed by atoms with Crippen LogP contribution < -0.4 is 4.90 Å². The summed E-state index contributed by atoms with van der Waals surface area (Å²) in [6, 6.07) is 1.90. The standard InChI is InChI=1S/C12H11BrN2O/c1-3-9-4-12(16)15(7-9)10-5-11(13)8(2)14-6-10/h1,5-6,9H,4,7H2,2H3. The lowest BCUT2D eigenvalue weighted by Gasteiger charge is -2.16. The third-order valence-corrected chi connectivity index (χ3v) is 3.49. The minimum Gasteiger partial charge on any atom is -0.310 e. The maximum Gasteiger partial charge on any atom is 0.228 e. The predicted molar refractivity (Wildman–Crippen MR) is 66.0 cm³/mol. The fraction of sp³-hybridized carbons (Fsp3) is 0.333. The van der Waals surface area contributed by atoms with E-state index in [1.165, 1.54) is 0 Å². The molecule has 16 heavy (non-hydrogen) atoms. The summed E-state index contributed by atoms with van der Waals surface area (Å²) in [6.45, 7) is 2.50. The molecule has 1 aromatic rings. The van der Waals surface area contributed by atoms with Gasteiger partial charge >= 0.3 is 0 Å². The molecule has 0 aromatic carbocycles. The maximum atomic E-state index is 11.7. The fourth-order valence-corrected chi connectivity index (χ4v) is 2.05. The lowest BCUT2D eigenvalue weighted by Crippen LogP contribution is -2.24. The maximum absolute atomic E-state index is 11.7. The van der Waals surface area contributed by atoms with Gasteiger partial charge in [-0.15, -0.1) is 12.3 Å². The van der Waals surface area contributed by atoms with Crippen LogP contribution in [-0.2, 0) is 4.79 Å². The van der Waals surface area contributed by atoms with Crippen LogP contribution in [-0.4, -0.2) is 17.4 Å². The van der Waals surface area contributed by atoms with Crippen molar-refractivity contribution in [2.45, 2.75) is 13.3 Å². The molecule has 1 aliphatic heterocycles. The molecule has 82 valence electrons. The van der Waals surface area contributed by atoms with Crippen LogP contribution in [0.5, 0.6) is 0 Å². The van der Waals surface area contributed by atoms with Gasteiger partial charge in [0, 0.05) is 23.4 Å². The number of carbonyl (C=O) groups is 1. The van der Waals surface area contributed by atoms with E-state index >= 15 is 0 Å². The van der Waals surface area contributed by atoms with Gasteiger partial charge in [-0.2, -0.15) is 0 Å². The van der Waals surface area contributed by atoms with Gasteiger partial charge in [-0.25, -0.2) is 0 Å². The SMILES string of the molecule is C#CC1CC(=O)N(c2cnc(C)c(Br)c2)C1. The number of aryl methyl sites for hydroxylation is 1. The lowest BCUT2D eigenvalue weighted by molar-refractivity contribution is -0.117. The highest BCUT2D eigenvalue weighted by Crippen LogP contribution is 2.27. The van der Waals surface area contributed by atoms with E-state index in [9.17, 15) is 4.79 Å². The first-order chi connectivity index (χ1) is 7.61. The summed E-state index contributed by atoms with van der Waals surface area (Å²) in [5.74, 6) is 2.72. The zero-order valence-corrected chi connectivity index (χ0v) is 10.5. The van der Waals surface area contributed by atoms with E-state index in [2.05, 4.69) is 26.8 Å². The number of amides is 1. The fourth-order valence-electron chi connectivity index (χ4n) is 1.71. The molecule has 1 aliphatic rings. The average Bonchev–Trinajstić information content (AvgIpc) is 2.64. The number of pyridine rings is 1. The number of nitrogens with zero attached hydrogens (tertiary/aromatic N) is 2. The largest absolute Gasteiger partial charge is 0.310 e. The zero-order valence-electron chi connectivity index (χ0n) is 8.90. The van der Waals surface area contributed by atoms with Crippen LogP contribution in [0.25, 0.3) is 0 Å². The van der Waals surface area contributed by atoms with Gasteiger partial charge in [-0.1, -0.05) is 0 Å². The first-order valence-electron chi connectivity index (χ1n) is 5.00. The first-order valence-corrected chi connectivity index (χ1v) is 5.79. The van der Waals surface area contributed by atoms with E-state index in [1.807, 2.05) is 13.0 Å². The molecule has 3 nitrogen and oxygen atoms in total. The first kappa shape index (κ1) is 11.2. The quantitative estimate of drug-likeness (QED) is 0.738. The van der Waals surface area contributed by atoms with Crippen molar-refractivity contribution in [3.8, 4) is 12.3 Å². The summed E-state index contributed by atoms with van der Waals surface area (Å²) in [6.07, 6.45) is 7.47. The number of anilines is 1. The molecule has 0 radical (unpaired) electrons. The van der Waals surface area contributed by atoms with E-state index < -0.39 is 0 Å². The van der Waals surface area contributed by atoms with E-state index in [4.69, 9.17) is 6.42 Å². The third-order valence-electron chi connectivity index (χ3n) is 2.68. The molecule has 0 bridgehead atoms. The highest BCUT2D eigenvalue weighted by molar-refractivity contribution is 9.10. The number of halogens is 1. The number of carbonyl (C=O) groups excluding carboxylic acids is 1. The second-order valence-electron chi connectivity index (χ2n) is 3.83. The number of terminal acetylenes is 1. The summed E-state index contributed by atoms with van der Waals surface area (Å²) in [5.41, 5.74) is 1.71. The molecule has 1 unspecified atom stereocenters. The van der Waals surface area contributed by atoms with Crippen molar-refractivity contribution < 1.29 is 4.79 Å². The number of rotatable bonds is 1. The Hall–Kier alpha value is -1.34. The summed E-state index contributed by atoms with van der Waals surface area (Å²) >= 11 is 3.40. The monoisotopic (exact) mass is 278 g/mol. The minimum absolute atomic E-state index is 0.0209. The summed E-state index contributed by atoms with van der Waals surface area (Å²) < 4.78 is 0.905. The van der Waals surface area contributed by atoms with Crippen molar-refractivity contribution >= 4 is 27.5 Å². The normalized spacial score (nSPS) is 19.9. The van der Waals surface area contributed by atoms with Gasteiger partial charge in [-0.05, 0) is 28.9 Å². The van der Waals surface area contributed by atoms with Crippen LogP contribution >= 0.6 is 15.9 Å². The Bertz CT molecular complexity index is 478. The average molecular weight is 279 g/mol. The highest BCUT2D eigenvalue weighted by Gasteiger charge is 2.29. The molecule has 0 aliphatic carbocycles. The Labute approximate surface area is 103 Å². The van der Waals surface area contributed by atoms with Crippen molar-refractivity contribution in [1.29, 1.82) is 0 Å². The number of aromatic nitrogens is 1. The Kier molecular flexibility index (Phi) is 2.97. The van der Waals surface area contributed by atoms with Gasteiger partial charge in [0.2, 0.25) is 5.91 Å². The van der Waals surface area contributed by atoms with Crippen LogP contribution in [0, 0.1) is 25.2 Å². The van der Waals surface area contributed by atoms with Crippen molar-refractivity contribution in [3.05, 3.63) is 22.4 Å². The molecule has 4 heteroatoms. The number of hydrogen-bond acceptors (Lipinski definition) is 2. The Balaban J connectivity index is 2.29. The third kappa shape index (κ3) is 1.96. The molecule has 1 fully saturated rings. The molecule has 1 amide bonds. The van der Waals surface area contributed by atoms with Gasteiger partial charge in [0.05, 0.1) is 17.6 Å². The molecular weight excluding hydrogens is 268 g/mol. The van der Waals surface area contributed by atoms with Crippen LogP contribution in [0.2, 0.25) is 0 Å². The van der Waals surface area contributed by atoms with Gasteiger partial charge in [0.25, 0.3) is 0 Å². The van der Waals surface area contributed by atoms with Gasteiger partial charge in [-0.3, -0.25) is 9.78 Å². The Morgan fingerprint density at radius 2 is 2.44 bits per heavy atom. The van der Waals surface area contributed by atoms with Crippen molar-refractivity contribution in [2.75, 3.05) is 11.4 Å². The molecule has 0 spiro atoms. The zero-order chi connectivity index (χ0) is 11.7. The molecular formula is C12H11BrN2O. The minimum atomic E-state index is 0.0209. The Morgan fingerprint density at radius 1 is 1.69 bits per heavy atom. The molecule has 1 aromatic heterocycles. The van der Waals surface area contributed by atoms with E-state index in [0.717, 1.165) is 15.9 Å². The van der Waals surface area contributed by atoms with Gasteiger partial charge < -0.3 is 4.90 Å². The van der Waals surface area contributed by atoms with Gasteiger partial charge in [0.1, 0.15) is 0 Å². The van der Waals surface area contributed by atoms with E-state index in [0.29, 0.717) is 13.0 Å². The predicted octanol–water partition coefficient (Wildman–Crippen LogP) is 2.14. The van der Waals surface area contributed by atoms with Crippen LogP contribution in [0.4, 0.5) is 5.69 Å². The summed E-state index contributed by atoms with van der Waals surface area (Å²) in [5, 5.41) is 0. The lowest BCUT2D eigenvalue weighted by atomic mass is 10.1. The smallest absolute Gasteiger partial charge is 0.228 e. The van der Waals surface area contributed by atoms with E-state index in [-0.39, 0.29) is 11.8 Å². The summed E-state index contributed by atoms with van der Waals surface area (Å²) in [4.78, 5) is 17.6. The topological polar surface area (TPSA) is 33.2 Å². The number of hydrogen-bond donors (Lipinski definition) is 0. The molecule has 0 N–H and O–H groups in total. The van der Waals surface area contributed by atoms with Crippen LogP contribution in [0.1, 0.15) is 12.1 Å². The molecule has 0 saturated carbocycles. The molecule has 1 atom stereocenters. The second-order valence-corrected chi connectivity index (χ2v) is 4.69. The van der Waals surface area contributed by atoms with Crippen LogP contribution in [0.15, 0.2) is 16.7 Å². The van der Waals surface area contributed by atoms with Crippen molar-refractivity contribution in [1.82, 2.24) is 4.98 Å². The molecule has 2 heterocycles. The molecule has 2 rings (SSSR count).